The van der Waals surface area contributed by atoms with Crippen LogP contribution in [0, 0.1) is 5.92 Å². The van der Waals surface area contributed by atoms with E-state index in [1.165, 1.54) is 6.26 Å². The number of hydrogen-bond acceptors (Lipinski definition) is 4. The maximum atomic E-state index is 10.9. The zero-order chi connectivity index (χ0) is 10.1. The Morgan fingerprint density at radius 1 is 1.54 bits per heavy atom. The summed E-state index contributed by atoms with van der Waals surface area (Å²) in [5, 5.41) is 9.93. The molecule has 13 heavy (non-hydrogen) atoms. The summed E-state index contributed by atoms with van der Waals surface area (Å²) >= 11 is 0. The minimum absolute atomic E-state index is 0.0250. The smallest absolute Gasteiger partial charge is 0.147 e. The molecule has 0 heterocycles. The Labute approximate surface area is 79.0 Å². The van der Waals surface area contributed by atoms with Gasteiger partial charge in [-0.25, -0.2) is 8.42 Å². The van der Waals surface area contributed by atoms with Gasteiger partial charge < -0.3 is 10.8 Å². The van der Waals surface area contributed by atoms with E-state index in [0.717, 1.165) is 12.8 Å². The first-order valence-corrected chi connectivity index (χ1v) is 6.53. The van der Waals surface area contributed by atoms with E-state index in [-0.39, 0.29) is 24.6 Å². The predicted molar refractivity (Wildman–Crippen MR) is 51.1 cm³/mol. The van der Waals surface area contributed by atoms with E-state index in [9.17, 15) is 13.5 Å². The van der Waals surface area contributed by atoms with Crippen LogP contribution in [0.5, 0.6) is 0 Å². The lowest BCUT2D eigenvalue weighted by atomic mass is 9.95. The van der Waals surface area contributed by atoms with Gasteiger partial charge in [0.15, 0.2) is 0 Å². The molecule has 0 saturated heterocycles. The maximum absolute atomic E-state index is 10.9. The highest BCUT2D eigenvalue weighted by molar-refractivity contribution is 7.90. The molecule has 0 aromatic carbocycles. The fourth-order valence-corrected chi connectivity index (χ4v) is 2.18. The second-order valence-electron chi connectivity index (χ2n) is 3.96. The molecule has 4 nitrogen and oxygen atoms in total. The topological polar surface area (TPSA) is 80.4 Å². The van der Waals surface area contributed by atoms with Crippen LogP contribution in [0.4, 0.5) is 0 Å². The largest absolute Gasteiger partial charge is 0.388 e. The molecule has 5 heteroatoms. The molecule has 0 bridgehead atoms. The highest BCUT2D eigenvalue weighted by atomic mass is 32.2. The Morgan fingerprint density at radius 3 is 2.38 bits per heavy atom. The van der Waals surface area contributed by atoms with Crippen molar-refractivity contribution in [1.29, 1.82) is 0 Å². The second kappa shape index (κ2) is 3.55. The maximum Gasteiger partial charge on any atom is 0.147 e. The van der Waals surface area contributed by atoms with Crippen LogP contribution in [-0.4, -0.2) is 37.7 Å². The van der Waals surface area contributed by atoms with Gasteiger partial charge in [-0.3, -0.25) is 0 Å². The van der Waals surface area contributed by atoms with Gasteiger partial charge in [-0.2, -0.15) is 0 Å². The highest BCUT2D eigenvalue weighted by Crippen LogP contribution is 2.41. The Bertz CT molecular complexity index is 271. The Morgan fingerprint density at radius 2 is 2.08 bits per heavy atom. The summed E-state index contributed by atoms with van der Waals surface area (Å²) in [6.07, 6.45) is 3.39. The molecule has 1 atom stereocenters. The molecule has 1 saturated carbocycles. The fourth-order valence-electron chi connectivity index (χ4n) is 1.46. The van der Waals surface area contributed by atoms with Crippen molar-refractivity contribution in [2.75, 3.05) is 18.6 Å². The van der Waals surface area contributed by atoms with Gasteiger partial charge in [-0.1, -0.05) is 0 Å². The lowest BCUT2D eigenvalue weighted by molar-refractivity contribution is 0.0233. The van der Waals surface area contributed by atoms with Crippen LogP contribution in [0.15, 0.2) is 0 Å². The number of aliphatic hydroxyl groups is 1. The Kier molecular flexibility index (Phi) is 2.99. The Hall–Kier alpha value is -0.130. The van der Waals surface area contributed by atoms with Crippen molar-refractivity contribution in [3.63, 3.8) is 0 Å². The van der Waals surface area contributed by atoms with Crippen LogP contribution in [0.3, 0.4) is 0 Å². The third-order valence-corrected chi connectivity index (χ3v) is 3.54. The molecule has 1 aliphatic carbocycles. The monoisotopic (exact) mass is 207 g/mol. The molecule has 0 spiro atoms. The average molecular weight is 207 g/mol. The minimum atomic E-state index is -2.99. The summed E-state index contributed by atoms with van der Waals surface area (Å²) in [4.78, 5) is 0. The minimum Gasteiger partial charge on any atom is -0.388 e. The molecule has 3 N–H and O–H groups in total. The lowest BCUT2D eigenvalue weighted by Gasteiger charge is -2.25. The van der Waals surface area contributed by atoms with Crippen LogP contribution in [0.1, 0.15) is 19.3 Å². The van der Waals surface area contributed by atoms with Crippen LogP contribution in [0.25, 0.3) is 0 Å². The second-order valence-corrected chi connectivity index (χ2v) is 6.22. The SMILES string of the molecule is CS(=O)(=O)CCC(O)(CN)C1CC1. The molecule has 0 amide bonds. The van der Waals surface area contributed by atoms with Gasteiger partial charge in [0.05, 0.1) is 11.4 Å². The van der Waals surface area contributed by atoms with Crippen molar-refractivity contribution >= 4 is 9.84 Å². The number of hydrogen-bond donors (Lipinski definition) is 2. The van der Waals surface area contributed by atoms with Gasteiger partial charge in [0.2, 0.25) is 0 Å². The van der Waals surface area contributed by atoms with Crippen LogP contribution < -0.4 is 5.73 Å². The first-order valence-electron chi connectivity index (χ1n) is 4.47. The van der Waals surface area contributed by atoms with E-state index in [1.807, 2.05) is 0 Å². The first kappa shape index (κ1) is 10.9. The number of sulfone groups is 1. The van der Waals surface area contributed by atoms with E-state index in [0.29, 0.717) is 0 Å². The van der Waals surface area contributed by atoms with Gasteiger partial charge in [0.25, 0.3) is 0 Å². The van der Waals surface area contributed by atoms with Crippen molar-refractivity contribution in [1.82, 2.24) is 0 Å². The zero-order valence-corrected chi connectivity index (χ0v) is 8.68. The molecule has 0 radical (unpaired) electrons. The van der Waals surface area contributed by atoms with E-state index in [4.69, 9.17) is 5.73 Å². The number of nitrogens with two attached hydrogens (primary N) is 1. The van der Waals surface area contributed by atoms with Crippen molar-refractivity contribution in [2.24, 2.45) is 11.7 Å². The first-order chi connectivity index (χ1) is 5.87. The average Bonchev–Trinajstić information content (AvgIpc) is 2.81. The van der Waals surface area contributed by atoms with Gasteiger partial charge in [0, 0.05) is 12.8 Å². The molecule has 1 rings (SSSR count). The molecule has 0 aromatic rings. The van der Waals surface area contributed by atoms with E-state index >= 15 is 0 Å². The fraction of sp³-hybridized carbons (Fsp3) is 1.00. The molecule has 1 unspecified atom stereocenters. The van der Waals surface area contributed by atoms with Gasteiger partial charge in [-0.05, 0) is 25.2 Å². The van der Waals surface area contributed by atoms with Crippen molar-refractivity contribution in [3.05, 3.63) is 0 Å². The normalized spacial score (nSPS) is 22.7. The van der Waals surface area contributed by atoms with E-state index < -0.39 is 15.4 Å². The third kappa shape index (κ3) is 3.25. The molecular formula is C8H17NO3S. The number of rotatable bonds is 5. The standard InChI is InChI=1S/C8H17NO3S/c1-13(11,12)5-4-8(10,6-9)7-2-3-7/h7,10H,2-6,9H2,1H3. The quantitative estimate of drug-likeness (QED) is 0.638. The van der Waals surface area contributed by atoms with Crippen molar-refractivity contribution < 1.29 is 13.5 Å². The molecule has 1 aliphatic rings. The lowest BCUT2D eigenvalue weighted by Crippen LogP contribution is -2.41. The summed E-state index contributed by atoms with van der Waals surface area (Å²) in [5.74, 6) is 0.247. The van der Waals surface area contributed by atoms with Crippen LogP contribution >= 0.6 is 0 Å². The van der Waals surface area contributed by atoms with Gasteiger partial charge in [-0.15, -0.1) is 0 Å². The molecule has 0 aromatic heterocycles. The highest BCUT2D eigenvalue weighted by Gasteiger charge is 2.42. The van der Waals surface area contributed by atoms with E-state index in [1.54, 1.807) is 0 Å². The van der Waals surface area contributed by atoms with Crippen LogP contribution in [0.2, 0.25) is 0 Å². The molecule has 78 valence electrons. The third-order valence-electron chi connectivity index (χ3n) is 2.60. The summed E-state index contributed by atoms with van der Waals surface area (Å²) in [7, 11) is -2.99. The summed E-state index contributed by atoms with van der Waals surface area (Å²) in [5.41, 5.74) is 4.49. The zero-order valence-electron chi connectivity index (χ0n) is 7.86. The summed E-state index contributed by atoms with van der Waals surface area (Å²) in [6.45, 7) is 0.160. The van der Waals surface area contributed by atoms with E-state index in [2.05, 4.69) is 0 Å². The molecule has 0 aliphatic heterocycles. The Balaban J connectivity index is 2.49. The van der Waals surface area contributed by atoms with Gasteiger partial charge >= 0.3 is 0 Å². The van der Waals surface area contributed by atoms with Crippen LogP contribution in [-0.2, 0) is 9.84 Å². The van der Waals surface area contributed by atoms with Crippen molar-refractivity contribution in [2.45, 2.75) is 24.9 Å². The van der Waals surface area contributed by atoms with Crippen molar-refractivity contribution in [3.8, 4) is 0 Å². The summed E-state index contributed by atoms with van der Waals surface area (Å²) < 4.78 is 21.8. The van der Waals surface area contributed by atoms with Gasteiger partial charge in [0.1, 0.15) is 9.84 Å². The summed E-state index contributed by atoms with van der Waals surface area (Å²) in [6, 6.07) is 0. The molecular weight excluding hydrogens is 190 g/mol. The predicted octanol–water partition coefficient (Wildman–Crippen LogP) is -0.479. The molecule has 1 fully saturated rings.